The molecule has 1 heterocycles. The summed E-state index contributed by atoms with van der Waals surface area (Å²) in [5.74, 6) is 0.0450. The molecule has 0 aliphatic carbocycles. The molecule has 0 atom stereocenters. The van der Waals surface area contributed by atoms with Crippen molar-refractivity contribution in [1.82, 2.24) is 4.98 Å². The lowest BCUT2D eigenvalue weighted by Crippen LogP contribution is -2.32. The van der Waals surface area contributed by atoms with Crippen LogP contribution in [0.3, 0.4) is 0 Å². The predicted molar refractivity (Wildman–Crippen MR) is 135 cm³/mol. The van der Waals surface area contributed by atoms with Crippen molar-refractivity contribution in [3.8, 4) is 11.6 Å². The van der Waals surface area contributed by atoms with Gasteiger partial charge in [-0.15, -0.1) is 13.2 Å². The highest BCUT2D eigenvalue weighted by molar-refractivity contribution is 7.92. The molecule has 6 nitrogen and oxygen atoms in total. The third-order valence-electron chi connectivity index (χ3n) is 5.50. The highest BCUT2D eigenvalue weighted by Crippen LogP contribution is 2.36. The number of rotatable bonds is 8. The quantitative estimate of drug-likeness (QED) is 0.256. The normalized spacial score (nSPS) is 12.1. The zero-order valence-corrected chi connectivity index (χ0v) is 21.2. The van der Waals surface area contributed by atoms with Gasteiger partial charge in [0.25, 0.3) is 10.0 Å². The average Bonchev–Trinajstić information content (AvgIpc) is 2.85. The van der Waals surface area contributed by atoms with E-state index in [0.717, 1.165) is 27.2 Å². The van der Waals surface area contributed by atoms with E-state index in [1.54, 1.807) is 25.1 Å². The summed E-state index contributed by atoms with van der Waals surface area (Å²) < 4.78 is 76.6. The van der Waals surface area contributed by atoms with E-state index in [2.05, 4.69) is 9.72 Å². The molecular weight excluding hydrogens is 505 g/mol. The Morgan fingerprint density at radius 3 is 2.08 bits per heavy atom. The number of fused-ring (bicyclic) bond motifs is 1. The maximum atomic E-state index is 13.9. The molecule has 0 aliphatic heterocycles. The fourth-order valence-corrected chi connectivity index (χ4v) is 5.35. The molecule has 0 amide bonds. The summed E-state index contributed by atoms with van der Waals surface area (Å²) in [7, 11) is -4.12. The Labute approximate surface area is 213 Å². The largest absolute Gasteiger partial charge is 0.573 e. The molecule has 0 saturated carbocycles. The molecule has 0 N–H and O–H groups in total. The van der Waals surface area contributed by atoms with Gasteiger partial charge < -0.3 is 9.47 Å². The van der Waals surface area contributed by atoms with E-state index >= 15 is 0 Å². The van der Waals surface area contributed by atoms with Gasteiger partial charge in [0.15, 0.2) is 0 Å². The fourth-order valence-electron chi connectivity index (χ4n) is 3.87. The molecule has 194 valence electrons. The number of benzene rings is 3. The lowest BCUT2D eigenvalue weighted by atomic mass is 10.1. The first kappa shape index (κ1) is 26.3. The van der Waals surface area contributed by atoms with Crippen molar-refractivity contribution in [2.75, 3.05) is 4.31 Å². The summed E-state index contributed by atoms with van der Waals surface area (Å²) in [4.78, 5) is 4.69. The van der Waals surface area contributed by atoms with Gasteiger partial charge in [0.05, 0.1) is 17.5 Å². The van der Waals surface area contributed by atoms with E-state index in [1.165, 1.54) is 24.3 Å². The van der Waals surface area contributed by atoms with Crippen LogP contribution < -0.4 is 13.8 Å². The Kier molecular flexibility index (Phi) is 7.31. The Morgan fingerprint density at radius 1 is 0.892 bits per heavy atom. The number of aryl methyl sites for hydroxylation is 1. The lowest BCUT2D eigenvalue weighted by Gasteiger charge is -2.27. The van der Waals surface area contributed by atoms with E-state index in [0.29, 0.717) is 11.1 Å². The fraction of sp³-hybridized carbons (Fsp3) is 0.222. The third kappa shape index (κ3) is 5.96. The Balaban J connectivity index is 1.87. The monoisotopic (exact) mass is 530 g/mol. The molecule has 0 radical (unpaired) electrons. The van der Waals surface area contributed by atoms with Gasteiger partial charge in [-0.3, -0.25) is 0 Å². The summed E-state index contributed by atoms with van der Waals surface area (Å²) in [5, 5.41) is 1.51. The van der Waals surface area contributed by atoms with Crippen molar-refractivity contribution in [2.24, 2.45) is 0 Å². The van der Waals surface area contributed by atoms with Crippen LogP contribution in [0.15, 0.2) is 83.8 Å². The highest BCUT2D eigenvalue weighted by atomic mass is 32.2. The van der Waals surface area contributed by atoms with Crippen LogP contribution in [0.25, 0.3) is 10.8 Å². The number of ether oxygens (including phenoxy) is 2. The number of hydrogen-bond donors (Lipinski definition) is 0. The smallest absolute Gasteiger partial charge is 0.474 e. The zero-order chi connectivity index (χ0) is 26.8. The average molecular weight is 531 g/mol. The number of anilines is 1. The number of aromatic nitrogens is 1. The molecule has 0 spiro atoms. The standard InChI is InChI=1S/C27H25F3N2O4S/c1-18(2)35-26-24-12-8-7-11-23(24)19(3)25(31-26)32(37(33,34)22-9-5-4-6-10-22)17-20-13-15-21(16-14-20)36-27(28,29)30/h4-16,18H,17H2,1-3H3. The maximum absolute atomic E-state index is 13.9. The van der Waals surface area contributed by atoms with Crippen LogP contribution in [0.5, 0.6) is 11.6 Å². The summed E-state index contributed by atoms with van der Waals surface area (Å²) >= 11 is 0. The number of sulfonamides is 1. The van der Waals surface area contributed by atoms with Crippen LogP contribution in [0.4, 0.5) is 19.0 Å². The van der Waals surface area contributed by atoms with Crippen LogP contribution >= 0.6 is 0 Å². The number of nitrogens with zero attached hydrogens (tertiary/aromatic N) is 2. The summed E-state index contributed by atoms with van der Waals surface area (Å²) in [5.41, 5.74) is 1.05. The van der Waals surface area contributed by atoms with Crippen molar-refractivity contribution in [3.05, 3.63) is 90.0 Å². The van der Waals surface area contributed by atoms with Crippen molar-refractivity contribution in [3.63, 3.8) is 0 Å². The first-order valence-corrected chi connectivity index (χ1v) is 12.9. The van der Waals surface area contributed by atoms with E-state index in [4.69, 9.17) is 4.74 Å². The van der Waals surface area contributed by atoms with Crippen molar-refractivity contribution < 1.29 is 31.1 Å². The summed E-state index contributed by atoms with van der Waals surface area (Å²) in [6.45, 7) is 5.28. The van der Waals surface area contributed by atoms with E-state index in [1.807, 2.05) is 38.1 Å². The van der Waals surface area contributed by atoms with Gasteiger partial charge in [-0.2, -0.15) is 4.98 Å². The Bertz CT molecular complexity index is 1490. The maximum Gasteiger partial charge on any atom is 0.573 e. The van der Waals surface area contributed by atoms with Gasteiger partial charge in [-0.05, 0) is 62.1 Å². The summed E-state index contributed by atoms with van der Waals surface area (Å²) in [6, 6.07) is 20.3. The van der Waals surface area contributed by atoms with Crippen LogP contribution in [-0.2, 0) is 16.6 Å². The zero-order valence-electron chi connectivity index (χ0n) is 20.4. The lowest BCUT2D eigenvalue weighted by molar-refractivity contribution is -0.274. The molecule has 0 unspecified atom stereocenters. The second-order valence-corrected chi connectivity index (χ2v) is 10.5. The number of hydrogen-bond acceptors (Lipinski definition) is 5. The minimum Gasteiger partial charge on any atom is -0.474 e. The SMILES string of the molecule is Cc1c(N(Cc2ccc(OC(F)(F)F)cc2)S(=O)(=O)c2ccccc2)nc(OC(C)C)c2ccccc12. The van der Waals surface area contributed by atoms with Crippen LogP contribution in [0, 0.1) is 6.92 Å². The molecular formula is C27H25F3N2O4S. The van der Waals surface area contributed by atoms with Crippen LogP contribution in [-0.4, -0.2) is 25.9 Å². The van der Waals surface area contributed by atoms with Gasteiger partial charge >= 0.3 is 6.36 Å². The molecule has 10 heteroatoms. The Morgan fingerprint density at radius 2 is 1.49 bits per heavy atom. The highest BCUT2D eigenvalue weighted by Gasteiger charge is 2.32. The van der Waals surface area contributed by atoms with Crippen LogP contribution in [0.1, 0.15) is 25.0 Å². The Hall–Kier alpha value is -3.79. The first-order chi connectivity index (χ1) is 17.5. The molecule has 0 saturated heterocycles. The third-order valence-corrected chi connectivity index (χ3v) is 7.25. The number of halogens is 3. The van der Waals surface area contributed by atoms with Crippen molar-refractivity contribution in [1.29, 1.82) is 0 Å². The molecule has 1 aromatic heterocycles. The van der Waals surface area contributed by atoms with Crippen molar-refractivity contribution >= 4 is 26.6 Å². The van der Waals surface area contributed by atoms with Gasteiger partial charge in [0, 0.05) is 10.9 Å². The topological polar surface area (TPSA) is 68.7 Å². The van der Waals surface area contributed by atoms with Gasteiger partial charge in [0.1, 0.15) is 11.6 Å². The van der Waals surface area contributed by atoms with Gasteiger partial charge in [0.2, 0.25) is 5.88 Å². The second kappa shape index (κ2) is 10.3. The molecule has 4 aromatic rings. The minimum atomic E-state index is -4.83. The first-order valence-electron chi connectivity index (χ1n) is 11.4. The van der Waals surface area contributed by atoms with E-state index in [9.17, 15) is 21.6 Å². The summed E-state index contributed by atoms with van der Waals surface area (Å²) in [6.07, 6.45) is -5.05. The van der Waals surface area contributed by atoms with E-state index < -0.39 is 22.1 Å². The number of pyridine rings is 1. The predicted octanol–water partition coefficient (Wildman–Crippen LogP) is 6.62. The molecule has 3 aromatic carbocycles. The van der Waals surface area contributed by atoms with Crippen molar-refractivity contribution in [2.45, 2.75) is 44.7 Å². The van der Waals surface area contributed by atoms with Crippen LogP contribution in [0.2, 0.25) is 0 Å². The minimum absolute atomic E-state index is 0.0488. The molecule has 0 bridgehead atoms. The molecule has 4 rings (SSSR count). The van der Waals surface area contributed by atoms with Gasteiger partial charge in [-0.25, -0.2) is 12.7 Å². The molecule has 0 fully saturated rings. The number of alkyl halides is 3. The second-order valence-electron chi connectivity index (χ2n) is 8.59. The van der Waals surface area contributed by atoms with E-state index in [-0.39, 0.29) is 29.2 Å². The molecule has 0 aliphatic rings. The molecule has 37 heavy (non-hydrogen) atoms. The van der Waals surface area contributed by atoms with Gasteiger partial charge in [-0.1, -0.05) is 48.5 Å².